The van der Waals surface area contributed by atoms with Crippen molar-refractivity contribution in [3.05, 3.63) is 71.8 Å². The summed E-state index contributed by atoms with van der Waals surface area (Å²) >= 11 is 0. The molecule has 1 amide bonds. The molecule has 124 valence electrons. The fourth-order valence-electron chi connectivity index (χ4n) is 2.01. The van der Waals surface area contributed by atoms with Gasteiger partial charge in [0.15, 0.2) is 0 Å². The molecule has 1 N–H and O–H groups in total. The number of carbonyl (C=O) groups is 2. The van der Waals surface area contributed by atoms with Crippen molar-refractivity contribution in [2.24, 2.45) is 0 Å². The van der Waals surface area contributed by atoms with Crippen LogP contribution in [0, 0.1) is 11.6 Å². The smallest absolute Gasteiger partial charge is 0.336 e. The van der Waals surface area contributed by atoms with Crippen LogP contribution >= 0.6 is 0 Å². The molecular formula is C18H15F2NO3. The van der Waals surface area contributed by atoms with E-state index in [-0.39, 0.29) is 5.75 Å². The maximum atomic E-state index is 13.0. The lowest BCUT2D eigenvalue weighted by molar-refractivity contribution is -0.129. The van der Waals surface area contributed by atoms with Crippen LogP contribution in [0.3, 0.4) is 0 Å². The lowest BCUT2D eigenvalue weighted by atomic mass is 10.1. The largest absolute Gasteiger partial charge is 0.423 e. The molecule has 0 atom stereocenters. The number of nitrogens with one attached hydrogen (secondary N) is 1. The van der Waals surface area contributed by atoms with Crippen molar-refractivity contribution in [1.29, 1.82) is 0 Å². The van der Waals surface area contributed by atoms with Gasteiger partial charge < -0.3 is 10.1 Å². The maximum Gasteiger partial charge on any atom is 0.336 e. The lowest BCUT2D eigenvalue weighted by Crippen LogP contribution is -2.11. The number of halogens is 2. The summed E-state index contributed by atoms with van der Waals surface area (Å²) in [6.45, 7) is 1.95. The first-order valence-corrected chi connectivity index (χ1v) is 7.23. The molecule has 0 aliphatic carbocycles. The summed E-state index contributed by atoms with van der Waals surface area (Å²) in [4.78, 5) is 23.4. The van der Waals surface area contributed by atoms with Crippen LogP contribution in [-0.4, -0.2) is 11.9 Å². The van der Waals surface area contributed by atoms with Crippen LogP contribution in [0.4, 0.5) is 14.5 Å². The third-order valence-electron chi connectivity index (χ3n) is 3.08. The fraction of sp³-hybridized carbons (Fsp3) is 0.111. The summed E-state index contributed by atoms with van der Waals surface area (Å²) in [7, 11) is 0. The minimum atomic E-state index is -0.918. The van der Waals surface area contributed by atoms with Crippen molar-refractivity contribution in [1.82, 2.24) is 0 Å². The van der Waals surface area contributed by atoms with Gasteiger partial charge in [-0.15, -0.1) is 0 Å². The zero-order valence-electron chi connectivity index (χ0n) is 12.9. The standard InChI is InChI=1S/C18H15F2NO3/c1-2-12-5-3-4-6-16(12)21-17(22)7-8-18(23)24-15-10-13(19)9-14(20)11-15/h3-11H,2H2,1H3,(H,21,22)/b8-7+. The molecule has 0 aromatic heterocycles. The molecule has 0 aliphatic heterocycles. The van der Waals surface area contributed by atoms with Crippen LogP contribution in [0.1, 0.15) is 12.5 Å². The Bertz CT molecular complexity index is 767. The first kappa shape index (κ1) is 17.3. The highest BCUT2D eigenvalue weighted by Crippen LogP contribution is 2.16. The Labute approximate surface area is 137 Å². The SMILES string of the molecule is CCc1ccccc1NC(=O)/C=C/C(=O)Oc1cc(F)cc(F)c1. The van der Waals surface area contributed by atoms with Crippen LogP contribution < -0.4 is 10.1 Å². The van der Waals surface area contributed by atoms with Crippen LogP contribution in [0.15, 0.2) is 54.6 Å². The summed E-state index contributed by atoms with van der Waals surface area (Å²) in [5.41, 5.74) is 1.60. The predicted molar refractivity (Wildman–Crippen MR) is 85.6 cm³/mol. The molecule has 0 saturated carbocycles. The van der Waals surface area contributed by atoms with Gasteiger partial charge >= 0.3 is 5.97 Å². The van der Waals surface area contributed by atoms with E-state index in [1.165, 1.54) is 0 Å². The van der Waals surface area contributed by atoms with Gasteiger partial charge in [0.2, 0.25) is 5.91 Å². The number of amides is 1. The molecule has 24 heavy (non-hydrogen) atoms. The van der Waals surface area contributed by atoms with Gasteiger partial charge in [0, 0.05) is 36.0 Å². The van der Waals surface area contributed by atoms with E-state index in [9.17, 15) is 18.4 Å². The Hall–Kier alpha value is -3.02. The minimum absolute atomic E-state index is 0.279. The number of carbonyl (C=O) groups excluding carboxylic acids is 2. The van der Waals surface area contributed by atoms with Crippen molar-refractivity contribution in [2.45, 2.75) is 13.3 Å². The van der Waals surface area contributed by atoms with E-state index >= 15 is 0 Å². The van der Waals surface area contributed by atoms with Crippen LogP contribution in [-0.2, 0) is 16.0 Å². The van der Waals surface area contributed by atoms with E-state index in [1.54, 1.807) is 12.1 Å². The average Bonchev–Trinajstić information content (AvgIpc) is 2.52. The van der Waals surface area contributed by atoms with Crippen molar-refractivity contribution in [3.8, 4) is 5.75 Å². The second-order valence-corrected chi connectivity index (χ2v) is 4.86. The zero-order chi connectivity index (χ0) is 17.5. The molecule has 2 rings (SSSR count). The van der Waals surface area contributed by atoms with Gasteiger partial charge in [0.1, 0.15) is 17.4 Å². The van der Waals surface area contributed by atoms with E-state index in [0.29, 0.717) is 11.8 Å². The van der Waals surface area contributed by atoms with Gasteiger partial charge in [-0.3, -0.25) is 4.79 Å². The van der Waals surface area contributed by atoms with Crippen LogP contribution in [0.25, 0.3) is 0 Å². The molecule has 6 heteroatoms. The number of ether oxygens (including phenoxy) is 1. The van der Waals surface area contributed by atoms with E-state index < -0.39 is 23.5 Å². The Kier molecular flexibility index (Phi) is 5.78. The molecule has 2 aromatic carbocycles. The highest BCUT2D eigenvalue weighted by Gasteiger charge is 2.07. The molecule has 0 saturated heterocycles. The highest BCUT2D eigenvalue weighted by molar-refractivity contribution is 6.03. The number of aryl methyl sites for hydroxylation is 1. The molecule has 0 bridgehead atoms. The van der Waals surface area contributed by atoms with E-state index in [1.807, 2.05) is 19.1 Å². The second kappa shape index (κ2) is 8.01. The van der Waals surface area contributed by atoms with Crippen LogP contribution in [0.5, 0.6) is 5.75 Å². The summed E-state index contributed by atoms with van der Waals surface area (Å²) < 4.78 is 30.7. The van der Waals surface area contributed by atoms with E-state index in [2.05, 4.69) is 5.32 Å². The predicted octanol–water partition coefficient (Wildman–Crippen LogP) is 3.63. The summed E-state index contributed by atoms with van der Waals surface area (Å²) in [6, 6.07) is 9.67. The van der Waals surface area contributed by atoms with Crippen molar-refractivity contribution in [3.63, 3.8) is 0 Å². The molecule has 0 heterocycles. The average molecular weight is 331 g/mol. The van der Waals surface area contributed by atoms with Crippen molar-refractivity contribution >= 4 is 17.6 Å². The molecule has 0 radical (unpaired) electrons. The van der Waals surface area contributed by atoms with Gasteiger partial charge in [0.05, 0.1) is 0 Å². The minimum Gasteiger partial charge on any atom is -0.423 e. The number of hydrogen-bond acceptors (Lipinski definition) is 3. The summed E-state index contributed by atoms with van der Waals surface area (Å²) in [5.74, 6) is -3.44. The molecule has 0 fully saturated rings. The van der Waals surface area contributed by atoms with Crippen molar-refractivity contribution < 1.29 is 23.1 Å². The molecule has 4 nitrogen and oxygen atoms in total. The lowest BCUT2D eigenvalue weighted by Gasteiger charge is -2.07. The number of benzene rings is 2. The summed E-state index contributed by atoms with van der Waals surface area (Å²) in [6.07, 6.45) is 2.62. The van der Waals surface area contributed by atoms with Crippen LogP contribution in [0.2, 0.25) is 0 Å². The topological polar surface area (TPSA) is 55.4 Å². The van der Waals surface area contributed by atoms with Crippen molar-refractivity contribution in [2.75, 3.05) is 5.32 Å². The van der Waals surface area contributed by atoms with E-state index in [4.69, 9.17) is 4.74 Å². The third-order valence-corrected chi connectivity index (χ3v) is 3.08. The maximum absolute atomic E-state index is 13.0. The monoisotopic (exact) mass is 331 g/mol. The first-order chi connectivity index (χ1) is 11.5. The zero-order valence-corrected chi connectivity index (χ0v) is 12.9. The highest BCUT2D eigenvalue weighted by atomic mass is 19.1. The third kappa shape index (κ3) is 5.01. The molecule has 2 aromatic rings. The van der Waals surface area contributed by atoms with Gasteiger partial charge in [-0.1, -0.05) is 25.1 Å². The normalized spacial score (nSPS) is 10.6. The quantitative estimate of drug-likeness (QED) is 0.517. The Balaban J connectivity index is 1.96. The van der Waals surface area contributed by atoms with Gasteiger partial charge in [-0.2, -0.15) is 0 Å². The molecule has 0 unspecified atom stereocenters. The number of esters is 1. The number of hydrogen-bond donors (Lipinski definition) is 1. The fourth-order valence-corrected chi connectivity index (χ4v) is 2.01. The number of anilines is 1. The molecule has 0 spiro atoms. The Morgan fingerprint density at radius 1 is 1.08 bits per heavy atom. The number of rotatable bonds is 5. The molecule has 0 aliphatic rings. The Morgan fingerprint density at radius 3 is 2.42 bits per heavy atom. The van der Waals surface area contributed by atoms with Gasteiger partial charge in [-0.25, -0.2) is 13.6 Å². The summed E-state index contributed by atoms with van der Waals surface area (Å²) in [5, 5.41) is 2.65. The second-order valence-electron chi connectivity index (χ2n) is 4.86. The first-order valence-electron chi connectivity index (χ1n) is 7.23. The van der Waals surface area contributed by atoms with Gasteiger partial charge in [0.25, 0.3) is 0 Å². The van der Waals surface area contributed by atoms with Gasteiger partial charge in [-0.05, 0) is 18.1 Å². The number of para-hydroxylation sites is 1. The molecular weight excluding hydrogens is 316 g/mol. The van der Waals surface area contributed by atoms with E-state index in [0.717, 1.165) is 36.3 Å². The Morgan fingerprint density at radius 2 is 1.75 bits per heavy atom.